The highest BCUT2D eigenvalue weighted by Crippen LogP contribution is 2.33. The number of carbonyl (C=O) groups excluding carboxylic acids is 2. The third-order valence-corrected chi connectivity index (χ3v) is 8.27. The zero-order valence-corrected chi connectivity index (χ0v) is 24.4. The van der Waals surface area contributed by atoms with Crippen LogP contribution in [0.15, 0.2) is 67.5 Å². The summed E-state index contributed by atoms with van der Waals surface area (Å²) < 4.78 is 7.67. The largest absolute Gasteiger partial charge is 0.493 e. The Bertz CT molecular complexity index is 1850. The van der Waals surface area contributed by atoms with Crippen LogP contribution < -0.4 is 15.4 Å². The number of aryl methyl sites for hydroxylation is 1. The molecule has 0 aliphatic carbocycles. The fourth-order valence-corrected chi connectivity index (χ4v) is 5.88. The van der Waals surface area contributed by atoms with E-state index in [1.807, 2.05) is 37.3 Å². The number of hydrogen-bond donors (Lipinski definition) is 2. The molecule has 0 bridgehead atoms. The average Bonchev–Trinajstić information content (AvgIpc) is 3.62. The zero-order valence-electron chi connectivity index (χ0n) is 22.8. The number of benzene rings is 1. The number of aromatic nitrogens is 4. The molecule has 1 aromatic carbocycles. The van der Waals surface area contributed by atoms with Crippen LogP contribution in [0.25, 0.3) is 22.3 Å². The molecule has 12 heteroatoms. The maximum atomic E-state index is 12.9. The SMILES string of the molecule is C=CC(=O)N1CCn2c(cc3cc(-c4ccc(OC)c(Nc5ncc(C(=O)Nc6c(C)cccc6Cl)s5)n4)cnc32)C1. The molecule has 6 rings (SSSR count). The molecule has 1 aliphatic heterocycles. The first kappa shape index (κ1) is 27.4. The van der Waals surface area contributed by atoms with E-state index in [0.29, 0.717) is 57.6 Å². The summed E-state index contributed by atoms with van der Waals surface area (Å²) in [4.78, 5) is 41.1. The molecule has 0 atom stereocenters. The molecule has 0 saturated heterocycles. The van der Waals surface area contributed by atoms with Gasteiger partial charge in [-0.1, -0.05) is 41.6 Å². The zero-order chi connectivity index (χ0) is 29.4. The van der Waals surface area contributed by atoms with E-state index in [-0.39, 0.29) is 11.8 Å². The minimum atomic E-state index is -0.308. The third-order valence-electron chi connectivity index (χ3n) is 7.04. The van der Waals surface area contributed by atoms with Crippen molar-refractivity contribution in [1.29, 1.82) is 0 Å². The Kier molecular flexibility index (Phi) is 7.36. The van der Waals surface area contributed by atoms with Gasteiger partial charge in [-0.15, -0.1) is 0 Å². The van der Waals surface area contributed by atoms with Crippen LogP contribution in [0.5, 0.6) is 5.75 Å². The number of rotatable bonds is 7. The Hall–Kier alpha value is -4.74. The number of halogens is 1. The van der Waals surface area contributed by atoms with E-state index in [1.165, 1.54) is 23.6 Å². The monoisotopic (exact) mass is 599 g/mol. The van der Waals surface area contributed by atoms with E-state index in [9.17, 15) is 9.59 Å². The predicted molar refractivity (Wildman–Crippen MR) is 165 cm³/mol. The number of fused-ring (bicyclic) bond motifs is 3. The Morgan fingerprint density at radius 2 is 2.00 bits per heavy atom. The van der Waals surface area contributed by atoms with Crippen molar-refractivity contribution in [2.24, 2.45) is 0 Å². The van der Waals surface area contributed by atoms with Gasteiger partial charge in [0.25, 0.3) is 5.91 Å². The van der Waals surface area contributed by atoms with Gasteiger partial charge in [-0.05, 0) is 48.9 Å². The quantitative estimate of drug-likeness (QED) is 0.219. The summed E-state index contributed by atoms with van der Waals surface area (Å²) in [5.41, 5.74) is 4.83. The van der Waals surface area contributed by atoms with Crippen molar-refractivity contribution < 1.29 is 14.3 Å². The Balaban J connectivity index is 1.24. The first-order valence-electron chi connectivity index (χ1n) is 13.1. The summed E-state index contributed by atoms with van der Waals surface area (Å²) >= 11 is 7.46. The summed E-state index contributed by atoms with van der Waals surface area (Å²) in [5.74, 6) is 0.587. The molecule has 4 aromatic heterocycles. The lowest BCUT2D eigenvalue weighted by molar-refractivity contribution is -0.127. The molecule has 0 fully saturated rings. The highest BCUT2D eigenvalue weighted by atomic mass is 35.5. The van der Waals surface area contributed by atoms with Gasteiger partial charge in [-0.25, -0.2) is 15.0 Å². The van der Waals surface area contributed by atoms with Gasteiger partial charge >= 0.3 is 0 Å². The molecule has 10 nitrogen and oxygen atoms in total. The molecule has 5 aromatic rings. The maximum absolute atomic E-state index is 12.9. The van der Waals surface area contributed by atoms with Crippen molar-refractivity contribution >= 4 is 62.4 Å². The molecule has 1 aliphatic rings. The molecule has 0 saturated carbocycles. The van der Waals surface area contributed by atoms with E-state index in [0.717, 1.165) is 27.9 Å². The average molecular weight is 600 g/mol. The fourth-order valence-electron chi connectivity index (χ4n) is 4.90. The summed E-state index contributed by atoms with van der Waals surface area (Å²) in [6, 6.07) is 13.2. The van der Waals surface area contributed by atoms with E-state index >= 15 is 0 Å². The summed E-state index contributed by atoms with van der Waals surface area (Å²) in [6.07, 6.45) is 4.64. The van der Waals surface area contributed by atoms with Gasteiger partial charge in [0, 0.05) is 35.9 Å². The number of amides is 2. The summed E-state index contributed by atoms with van der Waals surface area (Å²) in [7, 11) is 1.56. The van der Waals surface area contributed by atoms with Gasteiger partial charge in [-0.2, -0.15) is 0 Å². The van der Waals surface area contributed by atoms with Gasteiger partial charge in [0.05, 0.1) is 36.3 Å². The molecule has 0 radical (unpaired) electrons. The molecule has 5 heterocycles. The second-order valence-electron chi connectivity index (χ2n) is 9.68. The molecule has 2 N–H and O–H groups in total. The highest BCUT2D eigenvalue weighted by Gasteiger charge is 2.22. The first-order chi connectivity index (χ1) is 20.3. The fraction of sp³-hybridized carbons (Fsp3) is 0.167. The molecular weight excluding hydrogens is 574 g/mol. The Morgan fingerprint density at radius 3 is 2.79 bits per heavy atom. The number of carbonyl (C=O) groups is 2. The van der Waals surface area contributed by atoms with E-state index in [1.54, 1.807) is 24.3 Å². The van der Waals surface area contributed by atoms with E-state index in [4.69, 9.17) is 26.3 Å². The van der Waals surface area contributed by atoms with Crippen LogP contribution in [-0.4, -0.2) is 49.9 Å². The Morgan fingerprint density at radius 1 is 1.14 bits per heavy atom. The topological polar surface area (TPSA) is 114 Å². The second-order valence-corrected chi connectivity index (χ2v) is 11.1. The minimum Gasteiger partial charge on any atom is -0.493 e. The van der Waals surface area contributed by atoms with Gasteiger partial charge in [0.15, 0.2) is 16.7 Å². The number of pyridine rings is 2. The number of ether oxygens (including phenoxy) is 1. The van der Waals surface area contributed by atoms with Crippen molar-refractivity contribution in [3.8, 4) is 17.0 Å². The molecule has 0 spiro atoms. The normalized spacial score (nSPS) is 12.6. The highest BCUT2D eigenvalue weighted by molar-refractivity contribution is 7.17. The second kappa shape index (κ2) is 11.3. The number of para-hydroxylation sites is 1. The van der Waals surface area contributed by atoms with Crippen molar-refractivity contribution in [2.45, 2.75) is 20.0 Å². The number of hydrogen-bond acceptors (Lipinski definition) is 8. The van der Waals surface area contributed by atoms with Crippen LogP contribution in [0.1, 0.15) is 20.9 Å². The lowest BCUT2D eigenvalue weighted by atomic mass is 10.1. The number of thiazole rings is 1. The van der Waals surface area contributed by atoms with Gasteiger partial charge in [0.2, 0.25) is 5.91 Å². The lowest BCUT2D eigenvalue weighted by Crippen LogP contribution is -2.37. The summed E-state index contributed by atoms with van der Waals surface area (Å²) in [5, 5.41) is 7.97. The summed E-state index contributed by atoms with van der Waals surface area (Å²) in [6.45, 7) is 7.27. The van der Waals surface area contributed by atoms with E-state index in [2.05, 4.69) is 32.8 Å². The van der Waals surface area contributed by atoms with Gasteiger partial charge < -0.3 is 24.8 Å². The number of methoxy groups -OCH3 is 1. The number of anilines is 3. The standard InChI is InChI=1S/C30H26ClN7O3S/c1-4-25(39)37-10-11-38-20(16-37)13-18-12-19(14-32-28(18)38)22-8-9-23(41-3)27(34-22)36-30-33-15-24(42-30)29(40)35-26-17(2)6-5-7-21(26)31/h4-9,12-15H,1,10-11,16H2,2-3H3,(H,35,40)(H,33,34,36). The van der Waals surface area contributed by atoms with Crippen LogP contribution in [0, 0.1) is 6.92 Å². The van der Waals surface area contributed by atoms with Crippen LogP contribution in [0.3, 0.4) is 0 Å². The number of nitrogens with zero attached hydrogens (tertiary/aromatic N) is 5. The third kappa shape index (κ3) is 5.19. The van der Waals surface area contributed by atoms with Crippen LogP contribution >= 0.6 is 22.9 Å². The van der Waals surface area contributed by atoms with Crippen LogP contribution in [0.4, 0.5) is 16.6 Å². The molecular formula is C30H26ClN7O3S. The first-order valence-corrected chi connectivity index (χ1v) is 14.3. The predicted octanol–water partition coefficient (Wildman–Crippen LogP) is 6.05. The van der Waals surface area contributed by atoms with Gasteiger partial charge in [-0.3, -0.25) is 9.59 Å². The molecule has 2 amide bonds. The minimum absolute atomic E-state index is 0.0775. The van der Waals surface area contributed by atoms with Crippen molar-refractivity contribution in [3.63, 3.8) is 0 Å². The number of nitrogens with one attached hydrogen (secondary N) is 2. The molecule has 42 heavy (non-hydrogen) atoms. The van der Waals surface area contributed by atoms with Crippen molar-refractivity contribution in [2.75, 3.05) is 24.3 Å². The Labute approximate surface area is 250 Å². The van der Waals surface area contributed by atoms with E-state index < -0.39 is 0 Å². The molecule has 212 valence electrons. The van der Waals surface area contributed by atoms with Crippen molar-refractivity contribution in [3.05, 3.63) is 88.7 Å². The van der Waals surface area contributed by atoms with Crippen LogP contribution in [0.2, 0.25) is 5.02 Å². The lowest BCUT2D eigenvalue weighted by Gasteiger charge is -2.27. The van der Waals surface area contributed by atoms with Crippen LogP contribution in [-0.2, 0) is 17.9 Å². The maximum Gasteiger partial charge on any atom is 0.267 e. The molecule has 0 unspecified atom stereocenters. The van der Waals surface area contributed by atoms with Gasteiger partial charge in [0.1, 0.15) is 10.5 Å². The van der Waals surface area contributed by atoms with Crippen molar-refractivity contribution in [1.82, 2.24) is 24.4 Å². The smallest absolute Gasteiger partial charge is 0.267 e.